The van der Waals surface area contributed by atoms with Gasteiger partial charge in [-0.3, -0.25) is 0 Å². The molecule has 4 nitrogen and oxygen atoms in total. The number of aryl methyl sites for hydroxylation is 2. The third-order valence-electron chi connectivity index (χ3n) is 4.07. The highest BCUT2D eigenvalue weighted by Crippen LogP contribution is 2.19. The Morgan fingerprint density at radius 1 is 1.23 bits per heavy atom. The van der Waals surface area contributed by atoms with Crippen molar-refractivity contribution in [3.05, 3.63) is 29.3 Å². The lowest BCUT2D eigenvalue weighted by atomic mass is 10.1. The van der Waals surface area contributed by atoms with Crippen molar-refractivity contribution in [2.24, 2.45) is 0 Å². The summed E-state index contributed by atoms with van der Waals surface area (Å²) in [6.45, 7) is 9.07. The van der Waals surface area contributed by atoms with Gasteiger partial charge in [-0.2, -0.15) is 0 Å². The van der Waals surface area contributed by atoms with Crippen molar-refractivity contribution < 1.29 is 8.42 Å². The average Bonchev–Trinajstić information content (AvgIpc) is 2.40. The zero-order valence-electron chi connectivity index (χ0n) is 13.6. The van der Waals surface area contributed by atoms with E-state index in [0.717, 1.165) is 50.0 Å². The van der Waals surface area contributed by atoms with Crippen LogP contribution in [0.3, 0.4) is 0 Å². The summed E-state index contributed by atoms with van der Waals surface area (Å²) >= 11 is 0. The van der Waals surface area contributed by atoms with Crippen LogP contribution in [0.5, 0.6) is 0 Å². The molecule has 0 atom stereocenters. The minimum Gasteiger partial charge on any atom is -0.303 e. The number of likely N-dealkylation sites (tertiary alicyclic amines) is 1. The van der Waals surface area contributed by atoms with Gasteiger partial charge in [0.05, 0.1) is 4.90 Å². The van der Waals surface area contributed by atoms with Gasteiger partial charge in [-0.05, 0) is 64.4 Å². The molecule has 0 aromatic heterocycles. The standard InChI is InChI=1S/C16H26N2O2S.ClH/c1-4-9-18-10-7-15(8-11-18)17-21(19,20)16-6-5-13(2)12-14(16)3;/h5-6,12,15,17H,4,7-11H2,1-3H3;1H. The Kier molecular flexibility index (Phi) is 7.32. The monoisotopic (exact) mass is 346 g/mol. The van der Waals surface area contributed by atoms with Crippen molar-refractivity contribution >= 4 is 22.4 Å². The number of hydrogen-bond acceptors (Lipinski definition) is 3. The zero-order chi connectivity index (χ0) is 15.5. The van der Waals surface area contributed by atoms with E-state index in [9.17, 15) is 8.42 Å². The van der Waals surface area contributed by atoms with E-state index in [1.165, 1.54) is 0 Å². The maximum absolute atomic E-state index is 12.5. The summed E-state index contributed by atoms with van der Waals surface area (Å²) in [5.74, 6) is 0. The molecule has 1 saturated heterocycles. The summed E-state index contributed by atoms with van der Waals surface area (Å²) in [7, 11) is -3.41. The van der Waals surface area contributed by atoms with Crippen molar-refractivity contribution in [1.82, 2.24) is 9.62 Å². The number of halogens is 1. The topological polar surface area (TPSA) is 49.4 Å². The van der Waals surface area contributed by atoms with E-state index < -0.39 is 10.0 Å². The predicted molar refractivity (Wildman–Crippen MR) is 93.2 cm³/mol. The van der Waals surface area contributed by atoms with E-state index in [2.05, 4.69) is 16.5 Å². The lowest BCUT2D eigenvalue weighted by Gasteiger charge is -2.32. The Balaban J connectivity index is 0.00000242. The van der Waals surface area contributed by atoms with Crippen molar-refractivity contribution in [1.29, 1.82) is 0 Å². The van der Waals surface area contributed by atoms with Gasteiger partial charge in [-0.25, -0.2) is 13.1 Å². The number of nitrogens with zero attached hydrogens (tertiary/aromatic N) is 1. The molecule has 1 N–H and O–H groups in total. The molecule has 0 unspecified atom stereocenters. The molecular formula is C16H27ClN2O2S. The molecule has 0 saturated carbocycles. The molecule has 0 aliphatic carbocycles. The first-order chi connectivity index (χ1) is 9.92. The number of hydrogen-bond donors (Lipinski definition) is 1. The summed E-state index contributed by atoms with van der Waals surface area (Å²) in [6, 6.07) is 5.53. The molecular weight excluding hydrogens is 320 g/mol. The highest BCUT2D eigenvalue weighted by atomic mass is 35.5. The van der Waals surface area contributed by atoms with Crippen molar-refractivity contribution in [3.8, 4) is 0 Å². The third kappa shape index (κ3) is 4.95. The fourth-order valence-corrected chi connectivity index (χ4v) is 4.51. The summed E-state index contributed by atoms with van der Waals surface area (Å²) in [5, 5.41) is 0. The van der Waals surface area contributed by atoms with E-state index in [1.807, 2.05) is 26.0 Å². The molecule has 0 bridgehead atoms. The maximum atomic E-state index is 12.5. The van der Waals surface area contributed by atoms with Gasteiger partial charge in [0.1, 0.15) is 0 Å². The molecule has 1 fully saturated rings. The molecule has 0 amide bonds. The van der Waals surface area contributed by atoms with Gasteiger partial charge in [-0.1, -0.05) is 24.6 Å². The minimum atomic E-state index is -3.41. The first kappa shape index (κ1) is 19.4. The van der Waals surface area contributed by atoms with Gasteiger partial charge < -0.3 is 4.90 Å². The van der Waals surface area contributed by atoms with Crippen LogP contribution in [0.15, 0.2) is 23.1 Å². The zero-order valence-corrected chi connectivity index (χ0v) is 15.3. The molecule has 1 aliphatic rings. The lowest BCUT2D eigenvalue weighted by molar-refractivity contribution is 0.208. The minimum absolute atomic E-state index is 0. The molecule has 2 rings (SSSR count). The molecule has 1 aromatic carbocycles. The molecule has 0 spiro atoms. The first-order valence-electron chi connectivity index (χ1n) is 7.74. The number of sulfonamides is 1. The van der Waals surface area contributed by atoms with Crippen LogP contribution in [0.25, 0.3) is 0 Å². The Bertz CT molecular complexity index is 582. The van der Waals surface area contributed by atoms with Crippen LogP contribution in [-0.4, -0.2) is 39.0 Å². The highest BCUT2D eigenvalue weighted by Gasteiger charge is 2.25. The lowest BCUT2D eigenvalue weighted by Crippen LogP contribution is -2.44. The molecule has 1 aliphatic heterocycles. The second-order valence-corrected chi connectivity index (χ2v) is 7.69. The SMILES string of the molecule is CCCN1CCC(NS(=O)(=O)c2ccc(C)cc2C)CC1.Cl. The van der Waals surface area contributed by atoms with Gasteiger partial charge in [0.2, 0.25) is 10.0 Å². The Hall–Kier alpha value is -0.620. The van der Waals surface area contributed by atoms with Gasteiger partial charge in [0.25, 0.3) is 0 Å². The van der Waals surface area contributed by atoms with Crippen molar-refractivity contribution in [2.45, 2.75) is 51.0 Å². The van der Waals surface area contributed by atoms with Crippen LogP contribution in [0.1, 0.15) is 37.3 Å². The predicted octanol–water partition coefficient (Wildman–Crippen LogP) is 2.88. The first-order valence-corrected chi connectivity index (χ1v) is 9.22. The van der Waals surface area contributed by atoms with Crippen LogP contribution < -0.4 is 4.72 Å². The Labute approximate surface area is 140 Å². The summed E-state index contributed by atoms with van der Waals surface area (Å²) < 4.78 is 27.9. The molecule has 0 radical (unpaired) electrons. The number of piperidine rings is 1. The van der Waals surface area contributed by atoms with Gasteiger partial charge in [0.15, 0.2) is 0 Å². The summed E-state index contributed by atoms with van der Waals surface area (Å²) in [6.07, 6.45) is 2.94. The van der Waals surface area contributed by atoms with E-state index in [-0.39, 0.29) is 18.4 Å². The van der Waals surface area contributed by atoms with Gasteiger partial charge in [0, 0.05) is 6.04 Å². The molecule has 126 valence electrons. The van der Waals surface area contributed by atoms with Gasteiger partial charge >= 0.3 is 0 Å². The summed E-state index contributed by atoms with van der Waals surface area (Å²) in [4.78, 5) is 2.81. The third-order valence-corrected chi connectivity index (χ3v) is 5.75. The van der Waals surface area contributed by atoms with Crippen LogP contribution in [0, 0.1) is 13.8 Å². The fourth-order valence-electron chi connectivity index (χ4n) is 2.97. The second-order valence-electron chi connectivity index (χ2n) is 6.01. The number of rotatable bonds is 5. The van der Waals surface area contributed by atoms with E-state index in [4.69, 9.17) is 0 Å². The van der Waals surface area contributed by atoms with E-state index >= 15 is 0 Å². The van der Waals surface area contributed by atoms with E-state index in [1.54, 1.807) is 6.07 Å². The van der Waals surface area contributed by atoms with Crippen molar-refractivity contribution in [3.63, 3.8) is 0 Å². The van der Waals surface area contributed by atoms with Crippen LogP contribution in [0.2, 0.25) is 0 Å². The van der Waals surface area contributed by atoms with Crippen LogP contribution >= 0.6 is 12.4 Å². The fraction of sp³-hybridized carbons (Fsp3) is 0.625. The Morgan fingerprint density at radius 3 is 2.41 bits per heavy atom. The molecule has 6 heteroatoms. The van der Waals surface area contributed by atoms with Gasteiger partial charge in [-0.15, -0.1) is 12.4 Å². The molecule has 1 aromatic rings. The van der Waals surface area contributed by atoms with Crippen LogP contribution in [-0.2, 0) is 10.0 Å². The smallest absolute Gasteiger partial charge is 0.241 e. The normalized spacial score (nSPS) is 17.2. The summed E-state index contributed by atoms with van der Waals surface area (Å²) in [5.41, 5.74) is 1.89. The quantitative estimate of drug-likeness (QED) is 0.891. The molecule has 22 heavy (non-hydrogen) atoms. The number of benzene rings is 1. The van der Waals surface area contributed by atoms with Crippen molar-refractivity contribution in [2.75, 3.05) is 19.6 Å². The number of nitrogens with one attached hydrogen (secondary N) is 1. The van der Waals surface area contributed by atoms with E-state index in [0.29, 0.717) is 4.90 Å². The average molecular weight is 347 g/mol. The Morgan fingerprint density at radius 2 is 1.86 bits per heavy atom. The molecule has 1 heterocycles. The maximum Gasteiger partial charge on any atom is 0.241 e. The second kappa shape index (κ2) is 8.29. The highest BCUT2D eigenvalue weighted by molar-refractivity contribution is 7.89. The van der Waals surface area contributed by atoms with Crippen LogP contribution in [0.4, 0.5) is 0 Å². The largest absolute Gasteiger partial charge is 0.303 e.